The van der Waals surface area contributed by atoms with Crippen LogP contribution in [0, 0.1) is 0 Å². The van der Waals surface area contributed by atoms with Crippen molar-refractivity contribution in [2.75, 3.05) is 18.5 Å². The number of pyridine rings is 1. The number of anilines is 1. The van der Waals surface area contributed by atoms with Gasteiger partial charge in [0.05, 0.1) is 5.60 Å². The van der Waals surface area contributed by atoms with Crippen molar-refractivity contribution >= 4 is 5.82 Å². The molecule has 0 saturated heterocycles. The Morgan fingerprint density at radius 3 is 2.78 bits per heavy atom. The van der Waals surface area contributed by atoms with Crippen LogP contribution in [0.3, 0.4) is 0 Å². The molecule has 1 N–H and O–H groups in total. The van der Waals surface area contributed by atoms with Crippen LogP contribution in [0.2, 0.25) is 0 Å². The normalized spacial score (nSPS) is 21.0. The van der Waals surface area contributed by atoms with Gasteiger partial charge in [-0.05, 0) is 43.7 Å². The van der Waals surface area contributed by atoms with E-state index < -0.39 is 5.60 Å². The molecule has 3 rings (SSSR count). The summed E-state index contributed by atoms with van der Waals surface area (Å²) in [4.78, 5) is 6.86. The number of likely N-dealkylation sites (N-methyl/N-ethyl adjacent to an activating group) is 1. The lowest BCUT2D eigenvalue weighted by atomic mass is 10.0. The highest BCUT2D eigenvalue weighted by Gasteiger charge is 2.32. The van der Waals surface area contributed by atoms with Crippen LogP contribution in [0.4, 0.5) is 5.82 Å². The Labute approximate surface area is 109 Å². The van der Waals surface area contributed by atoms with E-state index in [0.717, 1.165) is 37.9 Å². The van der Waals surface area contributed by atoms with Gasteiger partial charge >= 0.3 is 0 Å². The highest BCUT2D eigenvalue weighted by atomic mass is 16.3. The summed E-state index contributed by atoms with van der Waals surface area (Å²) in [6, 6.07) is 4.31. The summed E-state index contributed by atoms with van der Waals surface area (Å²) in [5.74, 6) is 1.01. The Kier molecular flexibility index (Phi) is 3.02. The van der Waals surface area contributed by atoms with Gasteiger partial charge in [-0.1, -0.05) is 18.9 Å². The van der Waals surface area contributed by atoms with Crippen molar-refractivity contribution in [2.45, 2.75) is 50.5 Å². The van der Waals surface area contributed by atoms with Gasteiger partial charge in [0.25, 0.3) is 0 Å². The van der Waals surface area contributed by atoms with E-state index in [4.69, 9.17) is 4.98 Å². The average Bonchev–Trinajstić information content (AvgIpc) is 2.96. The number of aromatic nitrogens is 1. The summed E-state index contributed by atoms with van der Waals surface area (Å²) in [7, 11) is 2.04. The minimum atomic E-state index is -0.491. The van der Waals surface area contributed by atoms with Crippen molar-refractivity contribution in [3.05, 3.63) is 23.4 Å². The van der Waals surface area contributed by atoms with Crippen molar-refractivity contribution in [3.63, 3.8) is 0 Å². The molecule has 0 unspecified atom stereocenters. The lowest BCUT2D eigenvalue weighted by Crippen LogP contribution is -2.39. The number of hydrogen-bond donors (Lipinski definition) is 1. The predicted molar refractivity (Wildman–Crippen MR) is 72.9 cm³/mol. The number of aliphatic hydroxyl groups is 1. The van der Waals surface area contributed by atoms with Crippen molar-refractivity contribution < 1.29 is 5.11 Å². The first-order valence-electron chi connectivity index (χ1n) is 7.09. The summed E-state index contributed by atoms with van der Waals surface area (Å²) in [6.45, 7) is 0.707. The van der Waals surface area contributed by atoms with Crippen LogP contribution in [0.15, 0.2) is 12.1 Å². The molecule has 0 aromatic carbocycles. The van der Waals surface area contributed by atoms with E-state index in [-0.39, 0.29) is 0 Å². The molecule has 3 nitrogen and oxygen atoms in total. The zero-order valence-electron chi connectivity index (χ0n) is 11.2. The SMILES string of the molecule is CN(CC1(O)CCCC1)c1ccc2c(n1)CCC2. The minimum Gasteiger partial charge on any atom is -0.388 e. The summed E-state index contributed by atoms with van der Waals surface area (Å²) in [5.41, 5.74) is 2.18. The molecule has 1 aromatic rings. The number of rotatable bonds is 3. The predicted octanol–water partition coefficient (Wildman–Crippen LogP) is 2.31. The third-order valence-electron chi connectivity index (χ3n) is 4.37. The molecule has 0 aliphatic heterocycles. The largest absolute Gasteiger partial charge is 0.388 e. The average molecular weight is 246 g/mol. The van der Waals surface area contributed by atoms with Crippen LogP contribution >= 0.6 is 0 Å². The zero-order valence-corrected chi connectivity index (χ0v) is 11.2. The maximum Gasteiger partial charge on any atom is 0.128 e. The molecule has 1 fully saturated rings. The number of aryl methyl sites for hydroxylation is 2. The van der Waals surface area contributed by atoms with Gasteiger partial charge in [-0.2, -0.15) is 0 Å². The monoisotopic (exact) mass is 246 g/mol. The second-order valence-corrected chi connectivity index (χ2v) is 5.92. The maximum atomic E-state index is 10.4. The molecular weight excluding hydrogens is 224 g/mol. The molecule has 1 heterocycles. The second-order valence-electron chi connectivity index (χ2n) is 5.92. The first-order chi connectivity index (χ1) is 8.66. The fraction of sp³-hybridized carbons (Fsp3) is 0.667. The minimum absolute atomic E-state index is 0.491. The molecule has 0 amide bonds. The van der Waals surface area contributed by atoms with Crippen LogP contribution in [0.25, 0.3) is 0 Å². The van der Waals surface area contributed by atoms with Gasteiger partial charge in [-0.3, -0.25) is 0 Å². The standard InChI is InChI=1S/C15H22N2O/c1-17(11-15(18)9-2-3-10-15)14-8-7-12-5-4-6-13(12)16-14/h7-8,18H,2-6,9-11H2,1H3. The van der Waals surface area contributed by atoms with Crippen LogP contribution in [-0.2, 0) is 12.8 Å². The van der Waals surface area contributed by atoms with Gasteiger partial charge in [0.15, 0.2) is 0 Å². The van der Waals surface area contributed by atoms with E-state index in [0.29, 0.717) is 6.54 Å². The number of fused-ring (bicyclic) bond motifs is 1. The second kappa shape index (κ2) is 4.54. The topological polar surface area (TPSA) is 36.4 Å². The summed E-state index contributed by atoms with van der Waals surface area (Å²) in [6.07, 6.45) is 7.70. The first kappa shape index (κ1) is 12.0. The molecule has 2 aliphatic carbocycles. The van der Waals surface area contributed by atoms with Crippen molar-refractivity contribution in [3.8, 4) is 0 Å². The number of hydrogen-bond acceptors (Lipinski definition) is 3. The Hall–Kier alpha value is -1.09. The Morgan fingerprint density at radius 1 is 1.22 bits per heavy atom. The van der Waals surface area contributed by atoms with E-state index in [9.17, 15) is 5.11 Å². The Morgan fingerprint density at radius 2 is 2.00 bits per heavy atom. The van der Waals surface area contributed by atoms with Crippen LogP contribution in [0.1, 0.15) is 43.4 Å². The molecule has 0 spiro atoms. The van der Waals surface area contributed by atoms with Crippen LogP contribution < -0.4 is 4.90 Å². The smallest absolute Gasteiger partial charge is 0.128 e. The van der Waals surface area contributed by atoms with Gasteiger partial charge < -0.3 is 10.0 Å². The Bertz CT molecular complexity index is 438. The Balaban J connectivity index is 1.74. The first-order valence-corrected chi connectivity index (χ1v) is 7.09. The summed E-state index contributed by atoms with van der Waals surface area (Å²) in [5, 5.41) is 10.4. The molecule has 98 valence electrons. The van der Waals surface area contributed by atoms with E-state index in [2.05, 4.69) is 17.0 Å². The third kappa shape index (κ3) is 2.24. The van der Waals surface area contributed by atoms with E-state index in [1.165, 1.54) is 24.1 Å². The molecule has 18 heavy (non-hydrogen) atoms. The molecule has 3 heteroatoms. The van der Waals surface area contributed by atoms with Gasteiger partial charge in [-0.15, -0.1) is 0 Å². The lowest BCUT2D eigenvalue weighted by molar-refractivity contribution is 0.0558. The maximum absolute atomic E-state index is 10.4. The van der Waals surface area contributed by atoms with Crippen molar-refractivity contribution in [1.29, 1.82) is 0 Å². The van der Waals surface area contributed by atoms with Crippen molar-refractivity contribution in [1.82, 2.24) is 4.98 Å². The fourth-order valence-corrected chi connectivity index (χ4v) is 3.34. The lowest BCUT2D eigenvalue weighted by Gasteiger charge is -2.29. The molecule has 2 aliphatic rings. The van der Waals surface area contributed by atoms with E-state index in [1.54, 1.807) is 0 Å². The van der Waals surface area contributed by atoms with Crippen LogP contribution in [-0.4, -0.2) is 29.3 Å². The summed E-state index contributed by atoms with van der Waals surface area (Å²) < 4.78 is 0. The van der Waals surface area contributed by atoms with Gasteiger partial charge in [0.1, 0.15) is 5.82 Å². The third-order valence-corrected chi connectivity index (χ3v) is 4.37. The zero-order chi connectivity index (χ0) is 12.6. The number of nitrogens with zero attached hydrogens (tertiary/aromatic N) is 2. The fourth-order valence-electron chi connectivity index (χ4n) is 3.34. The molecule has 0 bridgehead atoms. The van der Waals surface area contributed by atoms with Gasteiger partial charge in [0.2, 0.25) is 0 Å². The molecule has 0 radical (unpaired) electrons. The summed E-state index contributed by atoms with van der Waals surface area (Å²) >= 11 is 0. The quantitative estimate of drug-likeness (QED) is 0.889. The van der Waals surface area contributed by atoms with Gasteiger partial charge in [0, 0.05) is 19.3 Å². The molecular formula is C15H22N2O. The highest BCUT2D eigenvalue weighted by molar-refractivity contribution is 5.42. The molecule has 1 aromatic heterocycles. The van der Waals surface area contributed by atoms with Crippen molar-refractivity contribution in [2.24, 2.45) is 0 Å². The van der Waals surface area contributed by atoms with E-state index in [1.807, 2.05) is 7.05 Å². The van der Waals surface area contributed by atoms with Crippen LogP contribution in [0.5, 0.6) is 0 Å². The van der Waals surface area contributed by atoms with Gasteiger partial charge in [-0.25, -0.2) is 4.98 Å². The highest BCUT2D eigenvalue weighted by Crippen LogP contribution is 2.31. The molecule has 1 saturated carbocycles. The van der Waals surface area contributed by atoms with E-state index >= 15 is 0 Å². The molecule has 0 atom stereocenters.